The number of allylic oxidation sites excluding steroid dienone is 1. The van der Waals surface area contributed by atoms with Gasteiger partial charge in [-0.15, -0.1) is 0 Å². The molecule has 1 heterocycles. The molecule has 0 aromatic heterocycles. The molecule has 3 N–H and O–H groups in total. The lowest BCUT2D eigenvalue weighted by Crippen LogP contribution is -1.94. The van der Waals surface area contributed by atoms with Crippen LogP contribution in [0.15, 0.2) is 11.8 Å². The topological polar surface area (TPSA) is 48.0 Å². The Labute approximate surface area is 43.4 Å². The molecular formula is C5H10N2. The molecule has 2 heteroatoms. The maximum atomic E-state index is 5.35. The SMILES string of the molecule is C/C(N)=C\C1CN1. The Morgan fingerprint density at radius 2 is 2.57 bits per heavy atom. The summed E-state index contributed by atoms with van der Waals surface area (Å²) in [6.07, 6.45) is 2.03. The minimum absolute atomic E-state index is 0.588. The molecule has 0 aromatic rings. The number of rotatable bonds is 1. The van der Waals surface area contributed by atoms with Gasteiger partial charge in [0.2, 0.25) is 0 Å². The maximum Gasteiger partial charge on any atom is 0.0396 e. The Bertz CT molecular complexity index is 88.3. The summed E-state index contributed by atoms with van der Waals surface area (Å²) in [4.78, 5) is 0. The molecule has 0 saturated carbocycles. The first-order valence-corrected chi connectivity index (χ1v) is 2.46. The minimum atomic E-state index is 0.588. The molecule has 0 aliphatic carbocycles. The zero-order valence-electron chi connectivity index (χ0n) is 4.44. The van der Waals surface area contributed by atoms with Gasteiger partial charge in [-0.25, -0.2) is 0 Å². The molecule has 1 aliphatic heterocycles. The third-order valence-corrected chi connectivity index (χ3v) is 0.904. The quantitative estimate of drug-likeness (QED) is 0.447. The van der Waals surface area contributed by atoms with Crippen molar-refractivity contribution in [2.75, 3.05) is 6.54 Å². The lowest BCUT2D eigenvalue weighted by Gasteiger charge is -1.82. The highest BCUT2D eigenvalue weighted by atomic mass is 15.1. The van der Waals surface area contributed by atoms with E-state index in [9.17, 15) is 0 Å². The van der Waals surface area contributed by atoms with Crippen LogP contribution in [0.4, 0.5) is 0 Å². The zero-order valence-corrected chi connectivity index (χ0v) is 4.44. The second-order valence-corrected chi connectivity index (χ2v) is 1.93. The molecule has 0 amide bonds. The molecule has 40 valence electrons. The average molecular weight is 98.1 g/mol. The largest absolute Gasteiger partial charge is 0.402 e. The Hall–Kier alpha value is -0.500. The van der Waals surface area contributed by atoms with Crippen molar-refractivity contribution in [3.8, 4) is 0 Å². The van der Waals surface area contributed by atoms with Crippen molar-refractivity contribution in [2.45, 2.75) is 13.0 Å². The van der Waals surface area contributed by atoms with Crippen LogP contribution in [0.25, 0.3) is 0 Å². The van der Waals surface area contributed by atoms with Crippen molar-refractivity contribution in [3.05, 3.63) is 11.8 Å². The van der Waals surface area contributed by atoms with Crippen molar-refractivity contribution < 1.29 is 0 Å². The zero-order chi connectivity index (χ0) is 5.28. The van der Waals surface area contributed by atoms with Gasteiger partial charge in [0.15, 0.2) is 0 Å². The van der Waals surface area contributed by atoms with Crippen molar-refractivity contribution in [2.24, 2.45) is 5.73 Å². The molecule has 0 bridgehead atoms. The highest BCUT2D eigenvalue weighted by molar-refractivity contribution is 5.07. The molecule has 0 radical (unpaired) electrons. The van der Waals surface area contributed by atoms with E-state index in [1.165, 1.54) is 0 Å². The second-order valence-electron chi connectivity index (χ2n) is 1.93. The Balaban J connectivity index is 2.29. The van der Waals surface area contributed by atoms with Crippen LogP contribution in [0.3, 0.4) is 0 Å². The summed E-state index contributed by atoms with van der Waals surface area (Å²) < 4.78 is 0. The van der Waals surface area contributed by atoms with Crippen LogP contribution in [0.1, 0.15) is 6.92 Å². The van der Waals surface area contributed by atoms with E-state index in [-0.39, 0.29) is 0 Å². The van der Waals surface area contributed by atoms with E-state index < -0.39 is 0 Å². The first kappa shape index (κ1) is 4.65. The van der Waals surface area contributed by atoms with Crippen LogP contribution in [0.5, 0.6) is 0 Å². The smallest absolute Gasteiger partial charge is 0.0396 e. The third kappa shape index (κ3) is 1.59. The van der Waals surface area contributed by atoms with E-state index in [0.29, 0.717) is 6.04 Å². The molecule has 1 saturated heterocycles. The summed E-state index contributed by atoms with van der Waals surface area (Å²) in [5, 5.41) is 3.11. The number of nitrogens with one attached hydrogen (secondary N) is 1. The van der Waals surface area contributed by atoms with Crippen molar-refractivity contribution >= 4 is 0 Å². The van der Waals surface area contributed by atoms with Crippen LogP contribution < -0.4 is 11.1 Å². The summed E-state index contributed by atoms with van der Waals surface area (Å²) in [5.74, 6) is 0. The summed E-state index contributed by atoms with van der Waals surface area (Å²) >= 11 is 0. The Kier molecular flexibility index (Phi) is 1.02. The molecular weight excluding hydrogens is 88.1 g/mol. The Morgan fingerprint density at radius 3 is 2.71 bits per heavy atom. The maximum absolute atomic E-state index is 5.35. The monoisotopic (exact) mass is 98.1 g/mol. The summed E-state index contributed by atoms with van der Waals surface area (Å²) in [6.45, 7) is 3.01. The van der Waals surface area contributed by atoms with Gasteiger partial charge in [0.05, 0.1) is 0 Å². The van der Waals surface area contributed by atoms with E-state index in [1.807, 2.05) is 13.0 Å². The van der Waals surface area contributed by atoms with Gasteiger partial charge in [-0.2, -0.15) is 0 Å². The van der Waals surface area contributed by atoms with Gasteiger partial charge in [0, 0.05) is 18.3 Å². The molecule has 0 aromatic carbocycles. The predicted octanol–water partition coefficient (Wildman–Crippen LogP) is -0.179. The van der Waals surface area contributed by atoms with Gasteiger partial charge < -0.3 is 11.1 Å². The fourth-order valence-electron chi connectivity index (χ4n) is 0.503. The molecule has 7 heavy (non-hydrogen) atoms. The molecule has 1 rings (SSSR count). The van der Waals surface area contributed by atoms with E-state index in [1.54, 1.807) is 0 Å². The number of hydrogen-bond acceptors (Lipinski definition) is 2. The van der Waals surface area contributed by atoms with E-state index in [0.717, 1.165) is 12.2 Å². The highest BCUT2D eigenvalue weighted by Gasteiger charge is 2.15. The van der Waals surface area contributed by atoms with Gasteiger partial charge in [0.1, 0.15) is 0 Å². The number of hydrogen-bond donors (Lipinski definition) is 2. The van der Waals surface area contributed by atoms with Crippen LogP contribution >= 0.6 is 0 Å². The molecule has 1 aliphatic rings. The van der Waals surface area contributed by atoms with Crippen LogP contribution in [-0.2, 0) is 0 Å². The Morgan fingerprint density at radius 1 is 2.00 bits per heavy atom. The van der Waals surface area contributed by atoms with Crippen molar-refractivity contribution in [1.29, 1.82) is 0 Å². The molecule has 0 spiro atoms. The van der Waals surface area contributed by atoms with Gasteiger partial charge >= 0.3 is 0 Å². The van der Waals surface area contributed by atoms with Crippen LogP contribution in [0, 0.1) is 0 Å². The minimum Gasteiger partial charge on any atom is -0.402 e. The van der Waals surface area contributed by atoms with E-state index in [2.05, 4.69) is 5.32 Å². The first-order valence-electron chi connectivity index (χ1n) is 2.46. The normalized spacial score (nSPS) is 30.4. The summed E-state index contributed by atoms with van der Waals surface area (Å²) in [7, 11) is 0. The molecule has 1 atom stereocenters. The van der Waals surface area contributed by atoms with Gasteiger partial charge in [-0.1, -0.05) is 0 Å². The van der Waals surface area contributed by atoms with Gasteiger partial charge in [-0.05, 0) is 13.0 Å². The van der Waals surface area contributed by atoms with Crippen molar-refractivity contribution in [3.63, 3.8) is 0 Å². The van der Waals surface area contributed by atoms with Gasteiger partial charge in [-0.3, -0.25) is 0 Å². The van der Waals surface area contributed by atoms with E-state index in [4.69, 9.17) is 5.73 Å². The van der Waals surface area contributed by atoms with Crippen molar-refractivity contribution in [1.82, 2.24) is 5.32 Å². The molecule has 2 nitrogen and oxygen atoms in total. The molecule has 1 unspecified atom stereocenters. The standard InChI is InChI=1S/C5H10N2/c1-4(6)2-5-3-7-5/h2,5,7H,3,6H2,1H3/b4-2+. The fourth-order valence-corrected chi connectivity index (χ4v) is 0.503. The fraction of sp³-hybridized carbons (Fsp3) is 0.600. The second kappa shape index (κ2) is 1.54. The predicted molar refractivity (Wildman–Crippen MR) is 29.7 cm³/mol. The highest BCUT2D eigenvalue weighted by Crippen LogP contribution is 1.98. The average Bonchev–Trinajstić information content (AvgIpc) is 2.17. The van der Waals surface area contributed by atoms with Crippen LogP contribution in [0.2, 0.25) is 0 Å². The third-order valence-electron chi connectivity index (χ3n) is 0.904. The van der Waals surface area contributed by atoms with Gasteiger partial charge in [0.25, 0.3) is 0 Å². The first-order chi connectivity index (χ1) is 3.29. The van der Waals surface area contributed by atoms with Crippen LogP contribution in [-0.4, -0.2) is 12.6 Å². The lowest BCUT2D eigenvalue weighted by molar-refractivity contribution is 1.15. The summed E-state index contributed by atoms with van der Waals surface area (Å²) in [5.41, 5.74) is 6.27. The summed E-state index contributed by atoms with van der Waals surface area (Å²) in [6, 6.07) is 0.588. The van der Waals surface area contributed by atoms with E-state index >= 15 is 0 Å². The molecule has 1 fully saturated rings. The number of nitrogens with two attached hydrogens (primary N) is 1. The lowest BCUT2D eigenvalue weighted by atomic mass is 10.4.